The summed E-state index contributed by atoms with van der Waals surface area (Å²) in [5.41, 5.74) is 3.93. The smallest absolute Gasteiger partial charge is 0.163 e. The molecule has 2 rings (SSSR count). The minimum atomic E-state index is 0.189. The molecule has 0 aliphatic heterocycles. The summed E-state index contributed by atoms with van der Waals surface area (Å²) in [4.78, 5) is 11.7. The lowest BCUT2D eigenvalue weighted by atomic mass is 9.74. The van der Waals surface area contributed by atoms with E-state index in [2.05, 4.69) is 26.8 Å². The third-order valence-electron chi connectivity index (χ3n) is 2.90. The van der Waals surface area contributed by atoms with Crippen LogP contribution in [-0.4, -0.2) is 5.78 Å². The van der Waals surface area contributed by atoms with Crippen molar-refractivity contribution in [2.75, 3.05) is 0 Å². The van der Waals surface area contributed by atoms with Gasteiger partial charge < -0.3 is 0 Å². The van der Waals surface area contributed by atoms with E-state index < -0.39 is 0 Å². The highest BCUT2D eigenvalue weighted by Crippen LogP contribution is 2.42. The van der Waals surface area contributed by atoms with E-state index in [1.165, 1.54) is 11.1 Å². The first-order valence-electron chi connectivity index (χ1n) is 4.90. The number of rotatable bonds is 0. The molecule has 0 radical (unpaired) electrons. The van der Waals surface area contributed by atoms with Crippen molar-refractivity contribution < 1.29 is 4.79 Å². The van der Waals surface area contributed by atoms with Gasteiger partial charge in [-0.2, -0.15) is 0 Å². The Bertz CT molecular complexity index is 329. The monoisotopic (exact) mass is 176 g/mol. The second-order valence-corrected chi connectivity index (χ2v) is 5.13. The van der Waals surface area contributed by atoms with Gasteiger partial charge in [-0.3, -0.25) is 4.79 Å². The van der Waals surface area contributed by atoms with Crippen molar-refractivity contribution >= 4 is 5.78 Å². The second-order valence-electron chi connectivity index (χ2n) is 5.13. The molecule has 0 aromatic carbocycles. The Morgan fingerprint density at radius 3 is 2.69 bits per heavy atom. The van der Waals surface area contributed by atoms with E-state index in [0.717, 1.165) is 24.8 Å². The van der Waals surface area contributed by atoms with Crippen LogP contribution in [-0.2, 0) is 4.79 Å². The van der Waals surface area contributed by atoms with Gasteiger partial charge in [0.05, 0.1) is 0 Å². The van der Waals surface area contributed by atoms with Gasteiger partial charge in [-0.25, -0.2) is 0 Å². The van der Waals surface area contributed by atoms with Crippen LogP contribution in [0.15, 0.2) is 22.8 Å². The Hall–Kier alpha value is -0.850. The lowest BCUT2D eigenvalue weighted by Gasteiger charge is -2.29. The molecule has 0 saturated carbocycles. The van der Waals surface area contributed by atoms with Crippen molar-refractivity contribution in [1.82, 2.24) is 0 Å². The van der Waals surface area contributed by atoms with Crippen molar-refractivity contribution in [1.29, 1.82) is 0 Å². The second kappa shape index (κ2) is 2.57. The summed E-state index contributed by atoms with van der Waals surface area (Å²) in [6.45, 7) is 6.48. The Labute approximate surface area is 79.5 Å². The number of Topliss-reactive ketones (excluding diaryl/α,β-unsaturated/α-hetero) is 1. The van der Waals surface area contributed by atoms with Crippen LogP contribution in [0.25, 0.3) is 0 Å². The van der Waals surface area contributed by atoms with Gasteiger partial charge in [0, 0.05) is 12.0 Å². The minimum absolute atomic E-state index is 0.189. The van der Waals surface area contributed by atoms with Crippen molar-refractivity contribution in [3.63, 3.8) is 0 Å². The summed E-state index contributed by atoms with van der Waals surface area (Å²) < 4.78 is 0. The lowest BCUT2D eigenvalue weighted by Crippen LogP contribution is -2.23. The zero-order chi connectivity index (χ0) is 9.64. The van der Waals surface area contributed by atoms with E-state index in [0.29, 0.717) is 5.78 Å². The van der Waals surface area contributed by atoms with Crippen molar-refractivity contribution in [2.45, 2.75) is 40.0 Å². The summed E-state index contributed by atoms with van der Waals surface area (Å²) in [6.07, 6.45) is 4.93. The van der Waals surface area contributed by atoms with Gasteiger partial charge in [-0.1, -0.05) is 31.1 Å². The molecule has 0 aromatic rings. The summed E-state index contributed by atoms with van der Waals surface area (Å²) in [5.74, 6) is 0.350. The molecule has 0 N–H and O–H groups in total. The lowest BCUT2D eigenvalue weighted by molar-refractivity contribution is -0.117. The molecule has 0 heterocycles. The van der Waals surface area contributed by atoms with Crippen molar-refractivity contribution in [3.8, 4) is 0 Å². The highest BCUT2D eigenvalue weighted by atomic mass is 16.1. The van der Waals surface area contributed by atoms with Gasteiger partial charge in [0.2, 0.25) is 0 Å². The van der Waals surface area contributed by atoms with Crippen LogP contribution in [0, 0.1) is 5.41 Å². The number of hydrogen-bond donors (Lipinski definition) is 0. The molecule has 0 fully saturated rings. The van der Waals surface area contributed by atoms with E-state index in [4.69, 9.17) is 0 Å². The fourth-order valence-corrected chi connectivity index (χ4v) is 2.44. The molecule has 2 aliphatic rings. The number of ketones is 1. The number of hydrogen-bond acceptors (Lipinski definition) is 1. The third-order valence-corrected chi connectivity index (χ3v) is 2.90. The van der Waals surface area contributed by atoms with E-state index in [-0.39, 0.29) is 5.41 Å². The molecule has 0 spiro atoms. The quantitative estimate of drug-likeness (QED) is 0.554. The fraction of sp³-hybridized carbons (Fsp3) is 0.583. The molecule has 2 aliphatic carbocycles. The third kappa shape index (κ3) is 1.48. The normalized spacial score (nSPS) is 26.1. The zero-order valence-corrected chi connectivity index (χ0v) is 8.61. The molecule has 0 saturated heterocycles. The average Bonchev–Trinajstić information content (AvgIpc) is 2.27. The summed E-state index contributed by atoms with van der Waals surface area (Å²) >= 11 is 0. The molecule has 0 amide bonds. The average molecular weight is 176 g/mol. The van der Waals surface area contributed by atoms with Crippen molar-refractivity contribution in [3.05, 3.63) is 22.8 Å². The Morgan fingerprint density at radius 1 is 1.31 bits per heavy atom. The summed E-state index contributed by atoms with van der Waals surface area (Å²) in [5, 5.41) is 0. The molecule has 1 nitrogen and oxygen atoms in total. The first-order valence-corrected chi connectivity index (χ1v) is 4.90. The largest absolute Gasteiger partial charge is 0.294 e. The highest BCUT2D eigenvalue weighted by Gasteiger charge is 2.33. The predicted octanol–water partition coefficient (Wildman–Crippen LogP) is 3.02. The predicted molar refractivity (Wildman–Crippen MR) is 53.4 cm³/mol. The van der Waals surface area contributed by atoms with Crippen LogP contribution in [0.2, 0.25) is 0 Å². The van der Waals surface area contributed by atoms with Gasteiger partial charge >= 0.3 is 0 Å². The van der Waals surface area contributed by atoms with E-state index in [1.54, 1.807) is 0 Å². The Morgan fingerprint density at radius 2 is 2.00 bits per heavy atom. The molecular formula is C12H16O. The van der Waals surface area contributed by atoms with Crippen LogP contribution in [0.5, 0.6) is 0 Å². The first kappa shape index (κ1) is 8.74. The molecule has 0 unspecified atom stereocenters. The fourth-order valence-electron chi connectivity index (χ4n) is 2.44. The SMILES string of the molecule is CC1=CC2=C(C1)CC(C)(C)CC2=O. The van der Waals surface area contributed by atoms with Crippen LogP contribution in [0.4, 0.5) is 0 Å². The number of carbonyl (C=O) groups excluding carboxylic acids is 1. The molecule has 0 atom stereocenters. The first-order chi connectivity index (χ1) is 5.98. The molecule has 13 heavy (non-hydrogen) atoms. The number of carbonyl (C=O) groups is 1. The van der Waals surface area contributed by atoms with E-state index in [9.17, 15) is 4.79 Å². The molecule has 1 heteroatoms. The zero-order valence-electron chi connectivity index (χ0n) is 8.61. The molecule has 70 valence electrons. The van der Waals surface area contributed by atoms with Gasteiger partial charge in [0.25, 0.3) is 0 Å². The van der Waals surface area contributed by atoms with E-state index >= 15 is 0 Å². The van der Waals surface area contributed by atoms with Crippen LogP contribution in [0.1, 0.15) is 40.0 Å². The maximum Gasteiger partial charge on any atom is 0.163 e. The van der Waals surface area contributed by atoms with Gasteiger partial charge in [0.15, 0.2) is 5.78 Å². The van der Waals surface area contributed by atoms with Gasteiger partial charge in [0.1, 0.15) is 0 Å². The molecule has 0 aromatic heterocycles. The molecule has 0 bridgehead atoms. The highest BCUT2D eigenvalue weighted by molar-refractivity contribution is 6.01. The van der Waals surface area contributed by atoms with E-state index in [1.807, 2.05) is 0 Å². The topological polar surface area (TPSA) is 17.1 Å². The summed E-state index contributed by atoms with van der Waals surface area (Å²) in [6, 6.07) is 0. The number of allylic oxidation sites excluding steroid dienone is 4. The van der Waals surface area contributed by atoms with Crippen molar-refractivity contribution in [2.24, 2.45) is 5.41 Å². The Balaban J connectivity index is 2.34. The van der Waals surface area contributed by atoms with Crippen LogP contribution >= 0.6 is 0 Å². The minimum Gasteiger partial charge on any atom is -0.294 e. The van der Waals surface area contributed by atoms with Crippen LogP contribution in [0.3, 0.4) is 0 Å². The van der Waals surface area contributed by atoms with Gasteiger partial charge in [-0.15, -0.1) is 0 Å². The maximum absolute atomic E-state index is 11.7. The summed E-state index contributed by atoms with van der Waals surface area (Å²) in [7, 11) is 0. The van der Waals surface area contributed by atoms with Crippen LogP contribution < -0.4 is 0 Å². The maximum atomic E-state index is 11.7. The Kier molecular flexibility index (Phi) is 1.73. The standard InChI is InChI=1S/C12H16O/c1-8-4-9-6-12(2,3)7-11(13)10(9)5-8/h5H,4,6-7H2,1-3H3. The molecular weight excluding hydrogens is 160 g/mol. The van der Waals surface area contributed by atoms with Gasteiger partial charge in [-0.05, 0) is 25.2 Å².